The number of fused-ring (bicyclic) bond motifs is 1. The van der Waals surface area contributed by atoms with Crippen LogP contribution in [0.2, 0.25) is 0 Å². The Kier molecular flexibility index (Phi) is 4.91. The van der Waals surface area contributed by atoms with Crippen molar-refractivity contribution in [3.05, 3.63) is 47.4 Å². The summed E-state index contributed by atoms with van der Waals surface area (Å²) in [6.45, 7) is 7.37. The van der Waals surface area contributed by atoms with Crippen molar-refractivity contribution in [1.82, 2.24) is 29.8 Å². The van der Waals surface area contributed by atoms with Crippen molar-refractivity contribution < 1.29 is 14.4 Å². The smallest absolute Gasteiger partial charge is 0.335 e. The van der Waals surface area contributed by atoms with Gasteiger partial charge in [0.2, 0.25) is 11.7 Å². The molecular formula is C19H22N6O3. The summed E-state index contributed by atoms with van der Waals surface area (Å²) in [7, 11) is 0. The molecule has 0 saturated carbocycles. The second-order valence-electron chi connectivity index (χ2n) is 7.20. The monoisotopic (exact) mass is 382 g/mol. The maximum absolute atomic E-state index is 11.0. The third-order valence-electron chi connectivity index (χ3n) is 4.88. The van der Waals surface area contributed by atoms with Crippen LogP contribution in [0.3, 0.4) is 0 Å². The summed E-state index contributed by atoms with van der Waals surface area (Å²) in [6, 6.07) is 6.43. The molecule has 1 aliphatic rings. The molecule has 0 aliphatic carbocycles. The van der Waals surface area contributed by atoms with Gasteiger partial charge in [-0.15, -0.1) is 10.2 Å². The number of hydrogen-bond donors (Lipinski definition) is 1. The van der Waals surface area contributed by atoms with Gasteiger partial charge < -0.3 is 14.2 Å². The Morgan fingerprint density at radius 3 is 2.68 bits per heavy atom. The first-order valence-electron chi connectivity index (χ1n) is 9.32. The molecule has 1 aliphatic heterocycles. The topological polar surface area (TPSA) is 110 Å². The van der Waals surface area contributed by atoms with Crippen molar-refractivity contribution in [2.24, 2.45) is 0 Å². The number of carbonyl (C=O) groups is 1. The zero-order valence-corrected chi connectivity index (χ0v) is 15.9. The highest BCUT2D eigenvalue weighted by Crippen LogP contribution is 2.19. The Hall–Kier alpha value is -3.07. The second-order valence-corrected chi connectivity index (χ2v) is 7.20. The van der Waals surface area contributed by atoms with Crippen molar-refractivity contribution in [3.8, 4) is 11.4 Å². The molecule has 0 fully saturated rings. The van der Waals surface area contributed by atoms with Crippen LogP contribution in [-0.4, -0.2) is 54.0 Å². The van der Waals surface area contributed by atoms with E-state index in [0.29, 0.717) is 24.2 Å². The first-order chi connectivity index (χ1) is 13.5. The average Bonchev–Trinajstić information content (AvgIpc) is 3.26. The quantitative estimate of drug-likeness (QED) is 0.715. The van der Waals surface area contributed by atoms with E-state index in [1.54, 1.807) is 12.1 Å². The molecule has 0 radical (unpaired) electrons. The molecule has 1 aromatic carbocycles. The molecule has 0 atom stereocenters. The number of benzene rings is 1. The summed E-state index contributed by atoms with van der Waals surface area (Å²) in [5.74, 6) is 2.44. The minimum absolute atomic E-state index is 0.227. The maximum Gasteiger partial charge on any atom is 0.335 e. The molecule has 4 rings (SSSR count). The molecule has 0 unspecified atom stereocenters. The van der Waals surface area contributed by atoms with E-state index in [9.17, 15) is 4.79 Å². The summed E-state index contributed by atoms with van der Waals surface area (Å²) in [4.78, 5) is 17.7. The van der Waals surface area contributed by atoms with E-state index in [1.165, 1.54) is 12.1 Å². The first-order valence-corrected chi connectivity index (χ1v) is 9.32. The summed E-state index contributed by atoms with van der Waals surface area (Å²) in [5, 5.41) is 21.7. The molecule has 9 heteroatoms. The molecule has 3 aromatic rings. The van der Waals surface area contributed by atoms with Crippen molar-refractivity contribution in [3.63, 3.8) is 0 Å². The van der Waals surface area contributed by atoms with Gasteiger partial charge in [0.15, 0.2) is 0 Å². The maximum atomic E-state index is 11.0. The molecule has 28 heavy (non-hydrogen) atoms. The molecule has 0 spiro atoms. The minimum Gasteiger partial charge on any atom is -0.478 e. The third kappa shape index (κ3) is 3.65. The summed E-state index contributed by atoms with van der Waals surface area (Å²) >= 11 is 0. The number of nitrogens with zero attached hydrogens (tertiary/aromatic N) is 6. The van der Waals surface area contributed by atoms with Gasteiger partial charge in [-0.25, -0.2) is 4.79 Å². The molecule has 9 nitrogen and oxygen atoms in total. The van der Waals surface area contributed by atoms with Gasteiger partial charge in [0.1, 0.15) is 11.6 Å². The molecular weight excluding hydrogens is 360 g/mol. The van der Waals surface area contributed by atoms with Gasteiger partial charge in [-0.1, -0.05) is 31.1 Å². The number of carboxylic acids is 1. The lowest BCUT2D eigenvalue weighted by atomic mass is 10.1. The summed E-state index contributed by atoms with van der Waals surface area (Å²) in [5.41, 5.74) is 0.952. The predicted octanol–water partition coefficient (Wildman–Crippen LogP) is 2.21. The second kappa shape index (κ2) is 7.51. The molecule has 0 saturated heterocycles. The highest BCUT2D eigenvalue weighted by atomic mass is 16.5. The van der Waals surface area contributed by atoms with Crippen LogP contribution in [0, 0.1) is 0 Å². The Labute approximate surface area is 162 Å². The fraction of sp³-hybridized carbons (Fsp3) is 0.421. The number of rotatable bonds is 5. The Bertz CT molecular complexity index is 976. The van der Waals surface area contributed by atoms with Crippen LogP contribution in [0.5, 0.6) is 0 Å². The Balaban J connectivity index is 1.42. The van der Waals surface area contributed by atoms with E-state index < -0.39 is 5.97 Å². The zero-order valence-electron chi connectivity index (χ0n) is 15.9. The van der Waals surface area contributed by atoms with Gasteiger partial charge in [-0.3, -0.25) is 4.90 Å². The molecule has 146 valence electrons. The fourth-order valence-electron chi connectivity index (χ4n) is 3.36. The molecule has 1 N–H and O–H groups in total. The van der Waals surface area contributed by atoms with Crippen molar-refractivity contribution >= 4 is 5.97 Å². The standard InChI is InChI=1S/C19H22N6O3/c1-12(2)18-22-21-15-7-8-24(9-10-25(15)18)11-16-20-17(23-28-16)13-3-5-14(6-4-13)19(26)27/h3-6,12H,7-11H2,1-2H3,(H,26,27). The number of aromatic carboxylic acids is 1. The van der Waals surface area contributed by atoms with Crippen LogP contribution >= 0.6 is 0 Å². The van der Waals surface area contributed by atoms with Gasteiger partial charge in [-0.2, -0.15) is 4.98 Å². The van der Waals surface area contributed by atoms with Crippen LogP contribution in [0.15, 0.2) is 28.8 Å². The van der Waals surface area contributed by atoms with Gasteiger partial charge in [0, 0.05) is 37.5 Å². The van der Waals surface area contributed by atoms with E-state index in [-0.39, 0.29) is 5.56 Å². The number of carboxylic acid groups (broad SMARTS) is 1. The molecule has 2 aromatic heterocycles. The van der Waals surface area contributed by atoms with Crippen LogP contribution in [0.25, 0.3) is 11.4 Å². The van der Waals surface area contributed by atoms with Gasteiger partial charge >= 0.3 is 5.97 Å². The van der Waals surface area contributed by atoms with Gasteiger partial charge in [0.05, 0.1) is 12.1 Å². The largest absolute Gasteiger partial charge is 0.478 e. The van der Waals surface area contributed by atoms with E-state index in [2.05, 4.69) is 43.7 Å². The fourth-order valence-corrected chi connectivity index (χ4v) is 3.36. The molecule has 3 heterocycles. The predicted molar refractivity (Wildman–Crippen MR) is 99.8 cm³/mol. The lowest BCUT2D eigenvalue weighted by Gasteiger charge is -2.17. The summed E-state index contributed by atoms with van der Waals surface area (Å²) in [6.07, 6.45) is 0.831. The zero-order chi connectivity index (χ0) is 19.7. The van der Waals surface area contributed by atoms with Crippen LogP contribution in [0.1, 0.15) is 47.7 Å². The lowest BCUT2D eigenvalue weighted by Crippen LogP contribution is -2.27. The highest BCUT2D eigenvalue weighted by molar-refractivity contribution is 5.88. The van der Waals surface area contributed by atoms with E-state index in [0.717, 1.165) is 43.3 Å². The van der Waals surface area contributed by atoms with Crippen LogP contribution < -0.4 is 0 Å². The lowest BCUT2D eigenvalue weighted by molar-refractivity contribution is 0.0697. The van der Waals surface area contributed by atoms with Gasteiger partial charge in [0.25, 0.3) is 0 Å². The number of hydrogen-bond acceptors (Lipinski definition) is 7. The summed E-state index contributed by atoms with van der Waals surface area (Å²) < 4.78 is 7.62. The van der Waals surface area contributed by atoms with E-state index >= 15 is 0 Å². The van der Waals surface area contributed by atoms with Gasteiger partial charge in [-0.05, 0) is 12.1 Å². The average molecular weight is 382 g/mol. The Morgan fingerprint density at radius 1 is 1.18 bits per heavy atom. The third-order valence-corrected chi connectivity index (χ3v) is 4.88. The molecule has 0 bridgehead atoms. The SMILES string of the molecule is CC(C)c1nnc2n1CCN(Cc1nc(-c3ccc(C(=O)O)cc3)no1)CC2. The van der Waals surface area contributed by atoms with E-state index in [1.807, 2.05) is 0 Å². The number of aromatic nitrogens is 5. The van der Waals surface area contributed by atoms with Crippen molar-refractivity contribution in [2.45, 2.75) is 39.3 Å². The highest BCUT2D eigenvalue weighted by Gasteiger charge is 2.21. The van der Waals surface area contributed by atoms with Crippen LogP contribution in [0.4, 0.5) is 0 Å². The van der Waals surface area contributed by atoms with Crippen molar-refractivity contribution in [2.75, 3.05) is 13.1 Å². The first kappa shape index (κ1) is 18.3. The van der Waals surface area contributed by atoms with Crippen LogP contribution in [-0.2, 0) is 19.5 Å². The van der Waals surface area contributed by atoms with E-state index in [4.69, 9.17) is 9.63 Å². The normalized spacial score (nSPS) is 14.8. The molecule has 0 amide bonds. The minimum atomic E-state index is -0.961. The Morgan fingerprint density at radius 2 is 1.96 bits per heavy atom. The van der Waals surface area contributed by atoms with Crippen molar-refractivity contribution in [1.29, 1.82) is 0 Å².